The van der Waals surface area contributed by atoms with Crippen LogP contribution in [0.1, 0.15) is 34.1 Å². The Bertz CT molecular complexity index is 608. The van der Waals surface area contributed by atoms with Crippen molar-refractivity contribution in [3.05, 3.63) is 34.5 Å². The van der Waals surface area contributed by atoms with E-state index in [0.717, 1.165) is 28.7 Å². The minimum absolute atomic E-state index is 0.431. The Labute approximate surface area is 101 Å². The number of carboxylic acids is 1. The Kier molecular flexibility index (Phi) is 2.69. The Balaban J connectivity index is 3.02. The van der Waals surface area contributed by atoms with Gasteiger partial charge in [0.2, 0.25) is 0 Å². The molecule has 90 valence electrons. The number of nitrogens with zero attached hydrogens (tertiary/aromatic N) is 1. The van der Waals surface area contributed by atoms with Gasteiger partial charge in [-0.25, -0.2) is 4.79 Å². The zero-order valence-corrected chi connectivity index (χ0v) is 10.7. The SMILES string of the molecule is CCn1c(C)c(C)c2ccc(C)c(C(=O)O)c21. The number of hydrogen-bond donors (Lipinski definition) is 1. The summed E-state index contributed by atoms with van der Waals surface area (Å²) < 4.78 is 2.08. The number of benzene rings is 1. The van der Waals surface area contributed by atoms with Crippen LogP contribution in [0, 0.1) is 20.8 Å². The summed E-state index contributed by atoms with van der Waals surface area (Å²) in [5.41, 5.74) is 4.42. The second-order valence-corrected chi connectivity index (χ2v) is 4.41. The third-order valence-corrected chi connectivity index (χ3v) is 3.54. The fourth-order valence-electron chi connectivity index (χ4n) is 2.51. The Morgan fingerprint density at radius 2 is 1.94 bits per heavy atom. The first-order valence-electron chi connectivity index (χ1n) is 5.81. The summed E-state index contributed by atoms with van der Waals surface area (Å²) in [4.78, 5) is 11.4. The normalized spacial score (nSPS) is 11.1. The highest BCUT2D eigenvalue weighted by molar-refractivity contribution is 6.05. The molecule has 0 bridgehead atoms. The minimum Gasteiger partial charge on any atom is -0.478 e. The van der Waals surface area contributed by atoms with Gasteiger partial charge < -0.3 is 9.67 Å². The molecular weight excluding hydrogens is 214 g/mol. The number of aromatic nitrogens is 1. The first kappa shape index (κ1) is 11.7. The molecule has 3 heteroatoms. The van der Waals surface area contributed by atoms with Crippen LogP contribution in [0.5, 0.6) is 0 Å². The molecule has 0 aliphatic carbocycles. The molecule has 0 atom stereocenters. The van der Waals surface area contributed by atoms with E-state index in [9.17, 15) is 9.90 Å². The van der Waals surface area contributed by atoms with Crippen LogP contribution in [0.2, 0.25) is 0 Å². The number of fused-ring (bicyclic) bond motifs is 1. The van der Waals surface area contributed by atoms with Gasteiger partial charge in [-0.05, 0) is 38.8 Å². The quantitative estimate of drug-likeness (QED) is 0.861. The van der Waals surface area contributed by atoms with Crippen LogP contribution in [-0.2, 0) is 6.54 Å². The molecule has 0 fully saturated rings. The van der Waals surface area contributed by atoms with Crippen molar-refractivity contribution in [3.8, 4) is 0 Å². The second-order valence-electron chi connectivity index (χ2n) is 4.41. The highest BCUT2D eigenvalue weighted by atomic mass is 16.4. The van der Waals surface area contributed by atoms with E-state index >= 15 is 0 Å². The Morgan fingerprint density at radius 3 is 2.47 bits per heavy atom. The van der Waals surface area contributed by atoms with Crippen molar-refractivity contribution in [2.24, 2.45) is 0 Å². The van der Waals surface area contributed by atoms with Crippen molar-refractivity contribution < 1.29 is 9.90 Å². The van der Waals surface area contributed by atoms with Crippen LogP contribution in [0.3, 0.4) is 0 Å². The maximum absolute atomic E-state index is 11.4. The van der Waals surface area contributed by atoms with E-state index in [-0.39, 0.29) is 0 Å². The zero-order valence-electron chi connectivity index (χ0n) is 10.7. The lowest BCUT2D eigenvalue weighted by Crippen LogP contribution is -2.05. The van der Waals surface area contributed by atoms with Crippen molar-refractivity contribution in [3.63, 3.8) is 0 Å². The molecule has 2 rings (SSSR count). The molecule has 17 heavy (non-hydrogen) atoms. The van der Waals surface area contributed by atoms with Crippen LogP contribution >= 0.6 is 0 Å². The standard InChI is InChI=1S/C14H17NO2/c1-5-15-10(4)9(3)11-7-6-8(2)12(13(11)15)14(16)17/h6-7H,5H2,1-4H3,(H,16,17). The van der Waals surface area contributed by atoms with Crippen molar-refractivity contribution in [2.75, 3.05) is 0 Å². The summed E-state index contributed by atoms with van der Waals surface area (Å²) in [6.07, 6.45) is 0. The first-order chi connectivity index (χ1) is 7.99. The summed E-state index contributed by atoms with van der Waals surface area (Å²) in [7, 11) is 0. The Morgan fingerprint density at radius 1 is 1.29 bits per heavy atom. The third-order valence-electron chi connectivity index (χ3n) is 3.54. The van der Waals surface area contributed by atoms with Gasteiger partial charge in [0.25, 0.3) is 0 Å². The first-order valence-corrected chi connectivity index (χ1v) is 5.81. The van der Waals surface area contributed by atoms with Gasteiger partial charge in [-0.3, -0.25) is 0 Å². The number of carbonyl (C=O) groups is 1. The maximum Gasteiger partial charge on any atom is 0.338 e. The monoisotopic (exact) mass is 231 g/mol. The van der Waals surface area contributed by atoms with Crippen LogP contribution in [0.15, 0.2) is 12.1 Å². The molecule has 2 aromatic rings. The molecule has 0 radical (unpaired) electrons. The van der Waals surface area contributed by atoms with E-state index in [1.54, 1.807) is 0 Å². The zero-order chi connectivity index (χ0) is 12.7. The van der Waals surface area contributed by atoms with Gasteiger partial charge in [0.05, 0.1) is 11.1 Å². The van der Waals surface area contributed by atoms with Crippen LogP contribution in [0.4, 0.5) is 0 Å². The number of carboxylic acid groups (broad SMARTS) is 1. The number of rotatable bonds is 2. The van der Waals surface area contributed by atoms with Gasteiger partial charge in [-0.2, -0.15) is 0 Å². The van der Waals surface area contributed by atoms with Crippen LogP contribution < -0.4 is 0 Å². The highest BCUT2D eigenvalue weighted by Crippen LogP contribution is 2.29. The number of aromatic carboxylic acids is 1. The van der Waals surface area contributed by atoms with E-state index in [1.807, 2.05) is 39.8 Å². The lowest BCUT2D eigenvalue weighted by Gasteiger charge is -2.08. The Hall–Kier alpha value is -1.77. The molecule has 0 aliphatic rings. The van der Waals surface area contributed by atoms with Crippen LogP contribution in [-0.4, -0.2) is 15.6 Å². The largest absolute Gasteiger partial charge is 0.478 e. The lowest BCUT2D eigenvalue weighted by atomic mass is 10.0. The van der Waals surface area contributed by atoms with Gasteiger partial charge >= 0.3 is 5.97 Å². The van der Waals surface area contributed by atoms with Gasteiger partial charge in [-0.15, -0.1) is 0 Å². The second kappa shape index (κ2) is 3.91. The molecule has 1 aromatic carbocycles. The predicted octanol–water partition coefficient (Wildman–Crippen LogP) is 3.28. The minimum atomic E-state index is -0.847. The number of aryl methyl sites for hydroxylation is 3. The molecule has 0 amide bonds. The fourth-order valence-corrected chi connectivity index (χ4v) is 2.51. The summed E-state index contributed by atoms with van der Waals surface area (Å²) in [5, 5.41) is 10.4. The molecular formula is C14H17NO2. The predicted molar refractivity (Wildman–Crippen MR) is 68.8 cm³/mol. The molecule has 0 aliphatic heterocycles. The molecule has 0 spiro atoms. The summed E-state index contributed by atoms with van der Waals surface area (Å²) in [6, 6.07) is 3.91. The lowest BCUT2D eigenvalue weighted by molar-refractivity contribution is 0.0698. The van der Waals surface area contributed by atoms with Gasteiger partial charge in [0.1, 0.15) is 0 Å². The summed E-state index contributed by atoms with van der Waals surface area (Å²) in [5.74, 6) is -0.847. The molecule has 1 N–H and O–H groups in total. The fraction of sp³-hybridized carbons (Fsp3) is 0.357. The average molecular weight is 231 g/mol. The average Bonchev–Trinajstić information content (AvgIpc) is 2.51. The van der Waals surface area contributed by atoms with Gasteiger partial charge in [0.15, 0.2) is 0 Å². The van der Waals surface area contributed by atoms with E-state index in [4.69, 9.17) is 0 Å². The number of hydrogen-bond acceptors (Lipinski definition) is 1. The highest BCUT2D eigenvalue weighted by Gasteiger charge is 2.18. The van der Waals surface area contributed by atoms with Crippen LogP contribution in [0.25, 0.3) is 10.9 Å². The molecule has 3 nitrogen and oxygen atoms in total. The van der Waals surface area contributed by atoms with Crippen molar-refractivity contribution in [1.29, 1.82) is 0 Å². The van der Waals surface area contributed by atoms with E-state index < -0.39 is 5.97 Å². The summed E-state index contributed by atoms with van der Waals surface area (Å²) in [6.45, 7) is 8.77. The smallest absolute Gasteiger partial charge is 0.338 e. The van der Waals surface area contributed by atoms with Crippen molar-refractivity contribution >= 4 is 16.9 Å². The van der Waals surface area contributed by atoms with Gasteiger partial charge in [-0.1, -0.05) is 12.1 Å². The third kappa shape index (κ3) is 1.54. The van der Waals surface area contributed by atoms with Crippen molar-refractivity contribution in [2.45, 2.75) is 34.2 Å². The van der Waals surface area contributed by atoms with E-state index in [0.29, 0.717) is 5.56 Å². The topological polar surface area (TPSA) is 42.2 Å². The molecule has 0 saturated heterocycles. The molecule has 0 saturated carbocycles. The maximum atomic E-state index is 11.4. The molecule has 0 unspecified atom stereocenters. The van der Waals surface area contributed by atoms with E-state index in [1.165, 1.54) is 5.56 Å². The summed E-state index contributed by atoms with van der Waals surface area (Å²) >= 11 is 0. The van der Waals surface area contributed by atoms with E-state index in [2.05, 4.69) is 4.57 Å². The van der Waals surface area contributed by atoms with Gasteiger partial charge in [0, 0.05) is 17.6 Å². The molecule has 1 heterocycles. The van der Waals surface area contributed by atoms with Crippen molar-refractivity contribution in [1.82, 2.24) is 4.57 Å². The molecule has 1 aromatic heterocycles.